The first-order valence-electron chi connectivity index (χ1n) is 9.02. The van der Waals surface area contributed by atoms with Crippen LogP contribution < -0.4 is 19.7 Å². The van der Waals surface area contributed by atoms with Gasteiger partial charge in [-0.15, -0.1) is 0 Å². The van der Waals surface area contributed by atoms with Crippen LogP contribution in [0, 0.1) is 30.6 Å². The third-order valence-corrected chi connectivity index (χ3v) is 3.55. The summed E-state index contributed by atoms with van der Waals surface area (Å²) in [6, 6.07) is 9.78. The van der Waals surface area contributed by atoms with Crippen molar-refractivity contribution in [2.24, 2.45) is 9.98 Å². The maximum Gasteiger partial charge on any atom is 2.00 e. The Morgan fingerprint density at radius 3 is 1.42 bits per heavy atom. The van der Waals surface area contributed by atoms with Crippen LogP contribution in [-0.2, 0) is 44.4 Å². The molecule has 195 valence electrons. The van der Waals surface area contributed by atoms with Gasteiger partial charge in [-0.25, -0.2) is 0 Å². The monoisotopic (exact) mass is 657 g/mol. The minimum Gasteiger partial charge on any atom is -0.870 e. The van der Waals surface area contributed by atoms with E-state index < -0.39 is 16.3 Å². The number of aliphatic hydroxyl groups excluding tert-OH is 1. The van der Waals surface area contributed by atoms with Gasteiger partial charge in [0.25, 0.3) is 0 Å². The molecule has 0 heterocycles. The molecule has 0 aliphatic heterocycles. The number of hydrogen-bond acceptors (Lipinski definition) is 13. The van der Waals surface area contributed by atoms with Gasteiger partial charge >= 0.3 is 44.4 Å². The molecule has 1 N–H and O–H groups in total. The molecule has 2 aromatic carbocycles. The van der Waals surface area contributed by atoms with E-state index in [0.29, 0.717) is 11.1 Å². The third kappa shape index (κ3) is 16.4. The van der Waals surface area contributed by atoms with Crippen LogP contribution in [0.5, 0.6) is 23.0 Å². The molecule has 1 radical (unpaired) electrons. The van der Waals surface area contributed by atoms with E-state index in [1.807, 2.05) is 0 Å². The van der Waals surface area contributed by atoms with Crippen LogP contribution in [-0.4, -0.2) is 61.1 Å². The van der Waals surface area contributed by atoms with Crippen molar-refractivity contribution in [3.05, 3.63) is 78.2 Å². The number of para-hydroxylation sites is 2. The molecule has 0 fully saturated rings. The van der Waals surface area contributed by atoms with E-state index in [4.69, 9.17) is 40.1 Å². The molecule has 0 aromatic heterocycles. The summed E-state index contributed by atoms with van der Waals surface area (Å²) in [6.07, 6.45) is 1.97. The van der Waals surface area contributed by atoms with Crippen LogP contribution in [0.1, 0.15) is 11.1 Å². The molecule has 36 heavy (non-hydrogen) atoms. The number of methoxy groups -OCH3 is 2. The first-order chi connectivity index (χ1) is 16.0. The van der Waals surface area contributed by atoms with Crippen molar-refractivity contribution >= 4 is 12.4 Å². The molecule has 0 saturated carbocycles. The number of hydrogen-bond donors (Lipinski definition) is 1. The number of rotatable bonds is 8. The summed E-state index contributed by atoms with van der Waals surface area (Å²) >= 11 is 0. The molecule has 0 aliphatic carbocycles. The first kappa shape index (κ1) is 37.3. The van der Waals surface area contributed by atoms with Crippen molar-refractivity contribution in [1.29, 1.82) is 0 Å². The van der Waals surface area contributed by atoms with E-state index in [0.717, 1.165) is 0 Å². The van der Waals surface area contributed by atoms with E-state index >= 15 is 0 Å². The van der Waals surface area contributed by atoms with Gasteiger partial charge in [-0.1, -0.05) is 35.8 Å². The van der Waals surface area contributed by atoms with Crippen LogP contribution in [0.3, 0.4) is 0 Å². The zero-order chi connectivity index (χ0) is 26.1. The maximum absolute atomic E-state index is 11.9. The Morgan fingerprint density at radius 1 is 0.833 bits per heavy atom. The van der Waals surface area contributed by atoms with Crippen molar-refractivity contribution < 1.29 is 79.3 Å². The number of nitrogens with zero attached hydrogens (tertiary/aromatic N) is 4. The maximum atomic E-state index is 11.9. The Labute approximate surface area is 235 Å². The third-order valence-electron chi connectivity index (χ3n) is 3.55. The van der Waals surface area contributed by atoms with Gasteiger partial charge in [0.15, 0.2) is 0 Å². The molecule has 15 nitrogen and oxygen atoms in total. The Morgan fingerprint density at radius 2 is 1.14 bits per heavy atom. The molecular weight excluding hydrogens is 636 g/mol. The van der Waals surface area contributed by atoms with Crippen LogP contribution in [0.25, 0.3) is 0 Å². The molecule has 17 heteroatoms. The molecule has 2 rings (SSSR count). The molecule has 0 amide bonds. The largest absolute Gasteiger partial charge is 2.00 e. The van der Waals surface area contributed by atoms with Crippen LogP contribution in [0.15, 0.2) is 46.4 Å². The molecule has 0 unspecified atom stereocenters. The summed E-state index contributed by atoms with van der Waals surface area (Å²) in [7, 11) is 2.85. The van der Waals surface area contributed by atoms with E-state index in [2.05, 4.69) is 9.98 Å². The average Bonchev–Trinajstić information content (AvgIpc) is 2.75. The van der Waals surface area contributed by atoms with E-state index in [1.165, 1.54) is 26.6 Å². The smallest absolute Gasteiger partial charge is 0.870 e. The van der Waals surface area contributed by atoms with E-state index in [9.17, 15) is 15.3 Å². The molecule has 0 atom stereocenters. The molecule has 0 bridgehead atoms. The van der Waals surface area contributed by atoms with Crippen LogP contribution in [0.4, 0.5) is 0 Å². The number of aliphatic hydroxyl groups is 1. The SMILES string of the molecule is COc1cccc(C=NCC(O)CN=Cc2cccc(OC)c2[O-])c1[O-].O=[N+]([O-])[O-].O=[N+]([O-])[O-].[Cd+2].[Cu+2]. The summed E-state index contributed by atoms with van der Waals surface area (Å²) in [6.45, 7) is 0.159. The summed E-state index contributed by atoms with van der Waals surface area (Å²) in [5.41, 5.74) is 0.764. The number of benzene rings is 2. The minimum atomic E-state index is -1.75. The summed E-state index contributed by atoms with van der Waals surface area (Å²) < 4.78 is 9.91. The fourth-order valence-electron chi connectivity index (χ4n) is 2.19. The van der Waals surface area contributed by atoms with Gasteiger partial charge in [-0.2, -0.15) is 0 Å². The average molecular weight is 656 g/mol. The Kier molecular flexibility index (Phi) is 21.9. The topological polar surface area (TPSA) is 242 Å². The summed E-state index contributed by atoms with van der Waals surface area (Å²) in [4.78, 5) is 24.6. The summed E-state index contributed by atoms with van der Waals surface area (Å²) in [5.74, 6) is -0.0314. The van der Waals surface area contributed by atoms with Crippen LogP contribution >= 0.6 is 0 Å². The molecular formula is C19H20CdCuN4O11. The Balaban J connectivity index is -0.000000953. The van der Waals surface area contributed by atoms with Crippen molar-refractivity contribution in [3.8, 4) is 23.0 Å². The second-order valence-electron chi connectivity index (χ2n) is 5.85. The normalized spacial score (nSPS) is 10.4. The predicted molar refractivity (Wildman–Crippen MR) is 117 cm³/mol. The zero-order valence-corrected chi connectivity index (χ0v) is 23.9. The van der Waals surface area contributed by atoms with Crippen LogP contribution in [0.2, 0.25) is 0 Å². The second-order valence-corrected chi connectivity index (χ2v) is 5.85. The predicted octanol–water partition coefficient (Wildman–Crippen LogP) is 0.267. The van der Waals surface area contributed by atoms with Gasteiger partial charge in [0.1, 0.15) is 11.5 Å². The van der Waals surface area contributed by atoms with Crippen molar-refractivity contribution in [3.63, 3.8) is 0 Å². The van der Waals surface area contributed by atoms with Gasteiger partial charge in [-0.3, -0.25) is 9.98 Å². The minimum absolute atomic E-state index is 0. The van der Waals surface area contributed by atoms with Gasteiger partial charge < -0.3 is 55.4 Å². The number of aliphatic imine (C=N–C) groups is 2. The van der Waals surface area contributed by atoms with E-state index in [1.54, 1.807) is 36.4 Å². The van der Waals surface area contributed by atoms with Gasteiger partial charge in [0, 0.05) is 12.4 Å². The van der Waals surface area contributed by atoms with E-state index in [-0.39, 0.29) is 80.5 Å². The second kappa shape index (κ2) is 21.1. The first-order valence-corrected chi connectivity index (χ1v) is 9.02. The fourth-order valence-corrected chi connectivity index (χ4v) is 2.19. The fraction of sp³-hybridized carbons (Fsp3) is 0.263. The molecule has 2 aromatic rings. The quantitative estimate of drug-likeness (QED) is 0.175. The standard InChI is InChI=1S/C19H22N2O5.Cd.Cu.2NO3/c1-25-16-7-3-5-13(18(16)23)9-20-11-15(22)12-21-10-14-6-4-8-17(26-2)19(14)24;;;2*2-1(3)4/h3-10,15,22-24H,11-12H2,1-2H3;;;;/q;2*+2;2*-1/p-2. The molecule has 0 spiro atoms. The number of ether oxygens (including phenoxy) is 2. The molecule has 0 saturated heterocycles. The van der Waals surface area contributed by atoms with Crippen molar-refractivity contribution in [2.45, 2.75) is 6.10 Å². The summed E-state index contributed by atoms with van der Waals surface area (Å²) in [5, 5.41) is 63.3. The van der Waals surface area contributed by atoms with Gasteiger partial charge in [0.2, 0.25) is 0 Å². The van der Waals surface area contributed by atoms with Crippen molar-refractivity contribution in [1.82, 2.24) is 0 Å². The van der Waals surface area contributed by atoms with Gasteiger partial charge in [0.05, 0.1) is 43.6 Å². The Hall–Kier alpha value is -3.22. The Bertz CT molecular complexity index is 910. The zero-order valence-electron chi connectivity index (χ0n) is 18.9. The van der Waals surface area contributed by atoms with Crippen molar-refractivity contribution in [2.75, 3.05) is 27.3 Å². The molecule has 0 aliphatic rings. The van der Waals surface area contributed by atoms with Gasteiger partial charge in [-0.05, 0) is 23.3 Å².